The molecule has 4 rings (SSSR count). The van der Waals surface area contributed by atoms with Crippen molar-refractivity contribution in [1.82, 2.24) is 29.7 Å². The van der Waals surface area contributed by atoms with Crippen molar-refractivity contribution in [3.05, 3.63) is 53.0 Å². The Morgan fingerprint density at radius 2 is 1.92 bits per heavy atom. The van der Waals surface area contributed by atoms with E-state index in [2.05, 4.69) is 25.0 Å². The van der Waals surface area contributed by atoms with Gasteiger partial charge >= 0.3 is 0 Å². The second kappa shape index (κ2) is 6.59. The lowest BCUT2D eigenvalue weighted by Gasteiger charge is -2.07. The van der Waals surface area contributed by atoms with Gasteiger partial charge in [0, 0.05) is 23.7 Å². The van der Waals surface area contributed by atoms with Crippen molar-refractivity contribution in [2.45, 2.75) is 10.1 Å². The molecule has 0 aliphatic rings. The lowest BCUT2D eigenvalue weighted by atomic mass is 10.1. The van der Waals surface area contributed by atoms with Crippen molar-refractivity contribution in [2.75, 3.05) is 0 Å². The summed E-state index contributed by atoms with van der Waals surface area (Å²) in [6.07, 6.45) is 4.93. The van der Waals surface area contributed by atoms with Gasteiger partial charge in [0.2, 0.25) is 0 Å². The Labute approximate surface area is 157 Å². The molecule has 0 aliphatic carbocycles. The zero-order valence-electron chi connectivity index (χ0n) is 12.9. The predicted octanol–water partition coefficient (Wildman–Crippen LogP) is 4.28. The van der Waals surface area contributed by atoms with Gasteiger partial charge in [0.15, 0.2) is 10.8 Å². The van der Waals surface area contributed by atoms with Gasteiger partial charge in [-0.1, -0.05) is 35.3 Å². The van der Waals surface area contributed by atoms with Crippen molar-refractivity contribution < 1.29 is 0 Å². The van der Waals surface area contributed by atoms with E-state index in [-0.39, 0.29) is 0 Å². The summed E-state index contributed by atoms with van der Waals surface area (Å²) in [5.41, 5.74) is 2.71. The van der Waals surface area contributed by atoms with E-state index in [9.17, 15) is 0 Å². The van der Waals surface area contributed by atoms with Crippen molar-refractivity contribution >= 4 is 46.1 Å². The summed E-state index contributed by atoms with van der Waals surface area (Å²) in [6.45, 7) is 0. The molecule has 9 heteroatoms. The Hall–Kier alpha value is -2.22. The van der Waals surface area contributed by atoms with Gasteiger partial charge in [-0.15, -0.1) is 0 Å². The average molecular weight is 389 g/mol. The molecule has 0 N–H and O–H groups in total. The zero-order chi connectivity index (χ0) is 17.4. The summed E-state index contributed by atoms with van der Waals surface area (Å²) < 4.78 is 1.74. The maximum Gasteiger partial charge on any atom is 0.194 e. The Bertz CT molecular complexity index is 1080. The molecule has 0 bridgehead atoms. The summed E-state index contributed by atoms with van der Waals surface area (Å²) in [5, 5.41) is 5.85. The van der Waals surface area contributed by atoms with Gasteiger partial charge in [-0.2, -0.15) is 5.10 Å². The average Bonchev–Trinajstić information content (AvgIpc) is 3.03. The summed E-state index contributed by atoms with van der Waals surface area (Å²) in [7, 11) is 1.87. The van der Waals surface area contributed by atoms with Crippen LogP contribution < -0.4 is 0 Å². The first kappa shape index (κ1) is 16.3. The third kappa shape index (κ3) is 3.30. The summed E-state index contributed by atoms with van der Waals surface area (Å²) in [4.78, 5) is 17.8. The molecule has 0 saturated carbocycles. The van der Waals surface area contributed by atoms with Crippen molar-refractivity contribution in [1.29, 1.82) is 0 Å². The predicted molar refractivity (Wildman–Crippen MR) is 97.9 cm³/mol. The van der Waals surface area contributed by atoms with Gasteiger partial charge in [-0.3, -0.25) is 4.68 Å². The highest BCUT2D eigenvalue weighted by molar-refractivity contribution is 7.99. The fraction of sp³-hybridized carbons (Fsp3) is 0.0625. The van der Waals surface area contributed by atoms with Crippen LogP contribution >= 0.6 is 35.0 Å². The van der Waals surface area contributed by atoms with E-state index >= 15 is 0 Å². The summed E-state index contributed by atoms with van der Waals surface area (Å²) >= 11 is 13.8. The van der Waals surface area contributed by atoms with E-state index in [0.29, 0.717) is 26.5 Å². The van der Waals surface area contributed by atoms with Gasteiger partial charge < -0.3 is 0 Å². The molecule has 4 aromatic rings. The molecule has 3 heterocycles. The van der Waals surface area contributed by atoms with Crippen molar-refractivity contribution in [2.24, 2.45) is 7.05 Å². The number of aryl methyl sites for hydroxylation is 1. The SMILES string of the molecule is Cn1ccc(-c2cccc(Sc3ncc4nc(Cl)cnc4n3)c2Cl)n1. The number of nitrogens with zero attached hydrogens (tertiary/aromatic N) is 6. The topological polar surface area (TPSA) is 69.4 Å². The van der Waals surface area contributed by atoms with Gasteiger partial charge in [0.05, 0.1) is 23.1 Å². The monoisotopic (exact) mass is 388 g/mol. The second-order valence-corrected chi connectivity index (χ2v) is 6.92. The minimum atomic E-state index is 0.308. The molecule has 0 saturated heterocycles. The third-order valence-electron chi connectivity index (χ3n) is 3.40. The molecule has 0 aliphatic heterocycles. The van der Waals surface area contributed by atoms with E-state index in [1.54, 1.807) is 10.9 Å². The number of aromatic nitrogens is 6. The Morgan fingerprint density at radius 1 is 1.04 bits per heavy atom. The van der Waals surface area contributed by atoms with Crippen LogP contribution in [0.3, 0.4) is 0 Å². The summed E-state index contributed by atoms with van der Waals surface area (Å²) in [6, 6.07) is 7.70. The fourth-order valence-electron chi connectivity index (χ4n) is 2.28. The molecule has 124 valence electrons. The summed E-state index contributed by atoms with van der Waals surface area (Å²) in [5.74, 6) is 0. The lowest BCUT2D eigenvalue weighted by Crippen LogP contribution is -1.93. The first-order valence-corrected chi connectivity index (χ1v) is 8.79. The fourth-order valence-corrected chi connectivity index (χ4v) is 3.54. The van der Waals surface area contributed by atoms with Crippen LogP contribution in [0.5, 0.6) is 0 Å². The second-order valence-electron chi connectivity index (χ2n) is 5.15. The molecule has 0 amide bonds. The van der Waals surface area contributed by atoms with Crippen LogP contribution in [0.1, 0.15) is 0 Å². The van der Waals surface area contributed by atoms with Crippen LogP contribution in [0, 0.1) is 0 Å². The Kier molecular flexibility index (Phi) is 4.29. The number of fused-ring (bicyclic) bond motifs is 1. The van der Waals surface area contributed by atoms with E-state index in [4.69, 9.17) is 23.2 Å². The molecule has 3 aromatic heterocycles. The van der Waals surface area contributed by atoms with Crippen molar-refractivity contribution in [3.8, 4) is 11.3 Å². The molecule has 1 aromatic carbocycles. The highest BCUT2D eigenvalue weighted by atomic mass is 35.5. The molecule has 25 heavy (non-hydrogen) atoms. The van der Waals surface area contributed by atoms with E-state index in [0.717, 1.165) is 16.2 Å². The van der Waals surface area contributed by atoms with Crippen LogP contribution in [-0.2, 0) is 7.05 Å². The van der Waals surface area contributed by atoms with Crippen LogP contribution in [0.15, 0.2) is 52.9 Å². The van der Waals surface area contributed by atoms with Gasteiger partial charge in [0.25, 0.3) is 0 Å². The van der Waals surface area contributed by atoms with Crippen molar-refractivity contribution in [3.63, 3.8) is 0 Å². The molecule has 6 nitrogen and oxygen atoms in total. The van der Waals surface area contributed by atoms with E-state index < -0.39 is 0 Å². The lowest BCUT2D eigenvalue weighted by molar-refractivity contribution is 0.771. The standard InChI is InChI=1S/C16H10Cl2N6S/c1-24-6-5-10(23-24)9-3-2-4-12(14(9)18)25-16-20-7-11-15(22-16)19-8-13(17)21-11/h2-8H,1H3. The molecule has 0 unspecified atom stereocenters. The molecular formula is C16H10Cl2N6S. The van der Waals surface area contributed by atoms with Gasteiger partial charge in [0.1, 0.15) is 10.7 Å². The highest BCUT2D eigenvalue weighted by Gasteiger charge is 2.13. The number of benzene rings is 1. The quantitative estimate of drug-likeness (QED) is 0.487. The largest absolute Gasteiger partial charge is 0.275 e. The third-order valence-corrected chi connectivity index (χ3v) is 5.04. The van der Waals surface area contributed by atoms with Gasteiger partial charge in [-0.25, -0.2) is 19.9 Å². The maximum atomic E-state index is 6.57. The van der Waals surface area contributed by atoms with E-state index in [1.807, 2.05) is 37.5 Å². The minimum absolute atomic E-state index is 0.308. The highest BCUT2D eigenvalue weighted by Crippen LogP contribution is 2.37. The molecule has 0 fully saturated rings. The van der Waals surface area contributed by atoms with Crippen LogP contribution in [-0.4, -0.2) is 29.7 Å². The molecule has 0 radical (unpaired) electrons. The first-order chi connectivity index (χ1) is 12.1. The smallest absolute Gasteiger partial charge is 0.194 e. The molecular weight excluding hydrogens is 379 g/mol. The molecule has 0 spiro atoms. The van der Waals surface area contributed by atoms with Crippen LogP contribution in [0.2, 0.25) is 10.2 Å². The van der Waals surface area contributed by atoms with Gasteiger partial charge in [-0.05, 0) is 23.9 Å². The molecule has 0 atom stereocenters. The Morgan fingerprint density at radius 3 is 2.72 bits per heavy atom. The number of hydrogen-bond donors (Lipinski definition) is 0. The number of halogens is 2. The first-order valence-electron chi connectivity index (χ1n) is 7.22. The Balaban J connectivity index is 1.70. The number of hydrogen-bond acceptors (Lipinski definition) is 6. The van der Waals surface area contributed by atoms with Crippen LogP contribution in [0.4, 0.5) is 0 Å². The normalized spacial score (nSPS) is 11.2. The van der Waals surface area contributed by atoms with E-state index in [1.165, 1.54) is 18.0 Å². The number of rotatable bonds is 3. The zero-order valence-corrected chi connectivity index (χ0v) is 15.2. The van der Waals surface area contributed by atoms with Crippen LogP contribution in [0.25, 0.3) is 22.4 Å². The maximum absolute atomic E-state index is 6.57. The minimum Gasteiger partial charge on any atom is -0.275 e.